The van der Waals surface area contributed by atoms with Gasteiger partial charge in [-0.25, -0.2) is 28.2 Å². The van der Waals surface area contributed by atoms with E-state index in [0.29, 0.717) is 11.8 Å². The molecule has 3 heterocycles. The third-order valence-corrected chi connectivity index (χ3v) is 5.83. The number of nitrogen functional groups attached to an aromatic ring is 1. The van der Waals surface area contributed by atoms with Crippen molar-refractivity contribution < 1.29 is 31.1 Å². The molecular weight excluding hydrogens is 534 g/mol. The highest BCUT2D eigenvalue weighted by Gasteiger charge is 2.38. The number of rotatable bonds is 8. The second-order valence-corrected chi connectivity index (χ2v) is 8.58. The van der Waals surface area contributed by atoms with Crippen LogP contribution in [0.5, 0.6) is 5.75 Å². The summed E-state index contributed by atoms with van der Waals surface area (Å²) in [5, 5.41) is 5.44. The van der Waals surface area contributed by atoms with Gasteiger partial charge >= 0.3 is 6.18 Å². The van der Waals surface area contributed by atoms with Crippen molar-refractivity contribution in [1.82, 2.24) is 24.7 Å². The third kappa shape index (κ3) is 5.86. The van der Waals surface area contributed by atoms with E-state index >= 15 is 0 Å². The highest BCUT2D eigenvalue weighted by atomic mass is 19.4. The SMILES string of the molecule is CC(CCCn1ccc2cc(-c3ncc(C(F)F)c(N)n3)c(F)cc2c1=O)Oc1cn[nH]c(=O)c1C(F)(F)F. The number of aromatic amines is 1. The molecule has 1 unspecified atom stereocenters. The van der Waals surface area contributed by atoms with Crippen LogP contribution < -0.4 is 21.6 Å². The van der Waals surface area contributed by atoms with Gasteiger partial charge in [-0.2, -0.15) is 18.3 Å². The van der Waals surface area contributed by atoms with E-state index in [1.54, 1.807) is 5.10 Å². The van der Waals surface area contributed by atoms with Crippen molar-refractivity contribution in [2.45, 2.75) is 45.0 Å². The number of hydrogen-bond donors (Lipinski definition) is 2. The second-order valence-electron chi connectivity index (χ2n) is 8.58. The van der Waals surface area contributed by atoms with Gasteiger partial charge in [0.1, 0.15) is 11.6 Å². The fourth-order valence-corrected chi connectivity index (χ4v) is 3.92. The molecule has 3 N–H and O–H groups in total. The Morgan fingerprint density at radius 1 is 1.18 bits per heavy atom. The summed E-state index contributed by atoms with van der Waals surface area (Å²) in [6.07, 6.45) is -5.04. The average molecular weight is 554 g/mol. The molecule has 0 fully saturated rings. The molecule has 0 amide bonds. The molecule has 15 heteroatoms. The molecule has 0 saturated heterocycles. The summed E-state index contributed by atoms with van der Waals surface area (Å²) in [7, 11) is 0. The number of nitrogens with two attached hydrogens (primary N) is 1. The molecule has 3 aromatic heterocycles. The standard InChI is InChI=1S/C24H20F6N6O3/c1-11(39-17-10-33-35-22(37)18(17)24(28,29)30)3-2-5-36-6-4-12-7-14(16(25)8-13(12)23(36)38)21-32-9-15(19(26)27)20(31)34-21/h4,6-11,19H,2-3,5H2,1H3,(H,35,37)(H2,31,32,34). The number of hydrogen-bond acceptors (Lipinski definition) is 7. The maximum absolute atomic E-state index is 14.9. The molecule has 0 aliphatic heterocycles. The second kappa shape index (κ2) is 10.7. The maximum Gasteiger partial charge on any atom is 0.425 e. The minimum atomic E-state index is -4.94. The predicted octanol–water partition coefficient (Wildman–Crippen LogP) is 4.47. The smallest absolute Gasteiger partial charge is 0.425 e. The van der Waals surface area contributed by atoms with Gasteiger partial charge in [0.05, 0.1) is 28.8 Å². The van der Waals surface area contributed by atoms with Crippen molar-refractivity contribution in [2.24, 2.45) is 0 Å². The number of anilines is 1. The number of aromatic nitrogens is 5. The maximum atomic E-state index is 14.9. The van der Waals surface area contributed by atoms with Gasteiger partial charge in [-0.15, -0.1) is 0 Å². The lowest BCUT2D eigenvalue weighted by atomic mass is 10.1. The molecule has 9 nitrogen and oxygen atoms in total. The van der Waals surface area contributed by atoms with E-state index in [1.807, 2.05) is 0 Å². The van der Waals surface area contributed by atoms with Gasteiger partial charge in [0.2, 0.25) is 0 Å². The molecular formula is C24H20F6N6O3. The van der Waals surface area contributed by atoms with Gasteiger partial charge in [0.15, 0.2) is 17.1 Å². The lowest BCUT2D eigenvalue weighted by Gasteiger charge is -2.17. The van der Waals surface area contributed by atoms with Crippen LogP contribution in [-0.2, 0) is 12.7 Å². The van der Waals surface area contributed by atoms with Crippen molar-refractivity contribution in [3.63, 3.8) is 0 Å². The molecule has 0 radical (unpaired) electrons. The molecule has 4 aromatic rings. The molecule has 0 spiro atoms. The van der Waals surface area contributed by atoms with Gasteiger partial charge in [0, 0.05) is 18.9 Å². The Kier molecular flexibility index (Phi) is 7.60. The fraction of sp³-hybridized carbons (Fsp3) is 0.292. The number of fused-ring (bicyclic) bond motifs is 1. The van der Waals surface area contributed by atoms with Crippen molar-refractivity contribution in [2.75, 3.05) is 5.73 Å². The molecule has 206 valence electrons. The number of pyridine rings is 1. The Bertz CT molecular complexity index is 1640. The Morgan fingerprint density at radius 2 is 1.92 bits per heavy atom. The minimum absolute atomic E-state index is 0.0321. The zero-order valence-corrected chi connectivity index (χ0v) is 20.1. The van der Waals surface area contributed by atoms with Gasteiger partial charge in [0.25, 0.3) is 17.5 Å². The molecule has 0 aliphatic carbocycles. The van der Waals surface area contributed by atoms with Crippen LogP contribution in [0.25, 0.3) is 22.2 Å². The van der Waals surface area contributed by atoms with E-state index in [2.05, 4.69) is 15.1 Å². The molecule has 4 rings (SSSR count). The van der Waals surface area contributed by atoms with Gasteiger partial charge in [-0.3, -0.25) is 9.59 Å². The van der Waals surface area contributed by atoms with Crippen molar-refractivity contribution >= 4 is 16.6 Å². The Hall–Kier alpha value is -4.43. The quantitative estimate of drug-likeness (QED) is 0.308. The molecule has 0 saturated carbocycles. The Morgan fingerprint density at radius 3 is 2.59 bits per heavy atom. The highest BCUT2D eigenvalue weighted by Crippen LogP contribution is 2.33. The van der Waals surface area contributed by atoms with E-state index in [1.165, 1.54) is 29.8 Å². The first-order valence-corrected chi connectivity index (χ1v) is 11.4. The minimum Gasteiger partial charge on any atom is -0.488 e. The van der Waals surface area contributed by atoms with Crippen molar-refractivity contribution in [3.05, 3.63) is 74.4 Å². The summed E-state index contributed by atoms with van der Waals surface area (Å²) in [4.78, 5) is 32.0. The number of alkyl halides is 5. The number of ether oxygens (including phenoxy) is 1. The Labute approximate surface area is 215 Å². The van der Waals surface area contributed by atoms with Crippen molar-refractivity contribution in [1.29, 1.82) is 0 Å². The van der Waals surface area contributed by atoms with Crippen LogP contribution in [-0.4, -0.2) is 30.8 Å². The predicted molar refractivity (Wildman–Crippen MR) is 128 cm³/mol. The third-order valence-electron chi connectivity index (χ3n) is 5.83. The topological polar surface area (TPSA) is 129 Å². The average Bonchev–Trinajstić information content (AvgIpc) is 2.84. The van der Waals surface area contributed by atoms with Crippen LogP contribution in [0, 0.1) is 5.82 Å². The van der Waals surface area contributed by atoms with E-state index in [0.717, 1.165) is 18.5 Å². The van der Waals surface area contributed by atoms with Gasteiger partial charge in [-0.1, -0.05) is 0 Å². The Balaban J connectivity index is 1.49. The summed E-state index contributed by atoms with van der Waals surface area (Å²) >= 11 is 0. The number of benzene rings is 1. The van der Waals surface area contributed by atoms with Crippen molar-refractivity contribution in [3.8, 4) is 17.1 Å². The fourth-order valence-electron chi connectivity index (χ4n) is 3.92. The number of nitrogens with one attached hydrogen (secondary N) is 1. The first kappa shape index (κ1) is 27.6. The van der Waals surface area contributed by atoms with Crippen LogP contribution in [0.15, 0.2) is 46.4 Å². The summed E-state index contributed by atoms with van der Waals surface area (Å²) in [6, 6.07) is 3.82. The van der Waals surface area contributed by atoms with Crippen LogP contribution in [0.2, 0.25) is 0 Å². The zero-order chi connectivity index (χ0) is 28.5. The van der Waals surface area contributed by atoms with Crippen LogP contribution >= 0.6 is 0 Å². The van der Waals surface area contributed by atoms with E-state index < -0.39 is 58.3 Å². The van der Waals surface area contributed by atoms with Crippen LogP contribution in [0.4, 0.5) is 32.2 Å². The molecule has 0 bridgehead atoms. The summed E-state index contributed by atoms with van der Waals surface area (Å²) < 4.78 is 86.8. The monoisotopic (exact) mass is 554 g/mol. The lowest BCUT2D eigenvalue weighted by Crippen LogP contribution is -2.26. The lowest BCUT2D eigenvalue weighted by molar-refractivity contribution is -0.140. The van der Waals surface area contributed by atoms with E-state index in [9.17, 15) is 35.9 Å². The van der Waals surface area contributed by atoms with Crippen LogP contribution in [0.3, 0.4) is 0 Å². The molecule has 1 atom stereocenters. The summed E-state index contributed by atoms with van der Waals surface area (Å²) in [5.74, 6) is -2.29. The number of H-pyrrole nitrogens is 1. The normalized spacial score (nSPS) is 12.7. The number of aryl methyl sites for hydroxylation is 1. The highest BCUT2D eigenvalue weighted by molar-refractivity contribution is 5.86. The largest absolute Gasteiger partial charge is 0.488 e. The zero-order valence-electron chi connectivity index (χ0n) is 20.1. The first-order valence-electron chi connectivity index (χ1n) is 11.4. The molecule has 39 heavy (non-hydrogen) atoms. The first-order chi connectivity index (χ1) is 18.4. The number of nitrogens with zero attached hydrogens (tertiary/aromatic N) is 4. The van der Waals surface area contributed by atoms with E-state index in [4.69, 9.17) is 10.5 Å². The van der Waals surface area contributed by atoms with Crippen LogP contribution in [0.1, 0.15) is 37.3 Å². The van der Waals surface area contributed by atoms with E-state index in [-0.39, 0.29) is 29.7 Å². The molecule has 0 aliphatic rings. The molecule has 1 aromatic carbocycles. The van der Waals surface area contributed by atoms with Gasteiger partial charge in [-0.05, 0) is 43.4 Å². The summed E-state index contributed by atoms with van der Waals surface area (Å²) in [6.45, 7) is 1.64. The summed E-state index contributed by atoms with van der Waals surface area (Å²) in [5.41, 5.74) is 1.36. The number of halogens is 6. The van der Waals surface area contributed by atoms with Gasteiger partial charge < -0.3 is 15.0 Å².